The van der Waals surface area contributed by atoms with Gasteiger partial charge in [-0.3, -0.25) is 58.0 Å². The molecule has 0 aliphatic carbocycles. The third kappa shape index (κ3) is 33.1. The molecule has 99 heavy (non-hydrogen) atoms. The van der Waals surface area contributed by atoms with Gasteiger partial charge >= 0.3 is 59.8 Å². The van der Waals surface area contributed by atoms with Gasteiger partial charge in [0.1, 0.15) is 30.7 Å². The topological polar surface area (TPSA) is 536 Å². The minimum atomic E-state index is -1.57. The number of hydrogen-bond acceptors (Lipinski definition) is 20. The predicted molar refractivity (Wildman–Crippen MR) is 355 cm³/mol. The second kappa shape index (κ2) is 43.2. The monoisotopic (exact) mass is 1410 g/mol. The third-order valence-electron chi connectivity index (χ3n) is 15.4. The summed E-state index contributed by atoms with van der Waals surface area (Å²) in [7, 11) is 0. The Morgan fingerprint density at radius 1 is 0.515 bits per heavy atom. The van der Waals surface area contributed by atoms with Crippen molar-refractivity contribution in [3.63, 3.8) is 0 Å². The van der Waals surface area contributed by atoms with Crippen LogP contribution in [0.2, 0.25) is 0 Å². The number of unbranched alkanes of at least 4 members (excludes halogenated alkanes) is 3. The standard InChI is InChI=1S/C61H88N16O21S/c1-38(78)62-20-5-3-12-45(56(91)92)69-55(90)44(68-49(79)33-77-48(31-65-72-77)40-9-8-10-42(30-40)66-59(97)63-21-6-4-13-46(57(93)94)70-60(98)71-47(58(95)96)18-19-50(80)81)11-2-7-22-64-61(99)67-41-16-14-39(15-17-41)29-43-32-75(36-53(86)87)26-25-73(34-51(82)83)23-24-74(35-52(84)85)27-28-76(43)37-54(88)89/h8-10,14-17,30-31,43-47H,2-7,11-13,18-29,32-37H2,1H3,(H,62,78)(H,68,79)(H,69,90)(H,80,81)(H,82,83)(H,84,85)(H,86,87)(H,88,89)(H,91,92)(H,93,94)(H,95,96)(H2,63,66,97)(H2,64,67,99)(H2,70,71,98)/t43?,44-,45?,46-,47-/m0/s1. The van der Waals surface area contributed by atoms with Crippen LogP contribution in [0.3, 0.4) is 0 Å². The summed E-state index contributed by atoms with van der Waals surface area (Å²) in [5.74, 6) is -11.8. The lowest BCUT2D eigenvalue weighted by atomic mass is 10.0. The van der Waals surface area contributed by atoms with Crippen LogP contribution < -0.4 is 47.9 Å². The quantitative estimate of drug-likeness (QED) is 0.0247. The number of carboxylic acid groups (broad SMARTS) is 8. The van der Waals surface area contributed by atoms with Gasteiger partial charge in [-0.05, 0) is 113 Å². The fraction of sp³-hybridized carbons (Fsp3) is 0.541. The first-order chi connectivity index (χ1) is 47.0. The molecular formula is C61H88N16O21S. The number of carbonyl (C=O) groups excluding carboxylic acids is 5. The zero-order valence-electron chi connectivity index (χ0n) is 54.6. The number of carbonyl (C=O) groups is 13. The molecule has 0 radical (unpaired) electrons. The molecule has 2 heterocycles. The van der Waals surface area contributed by atoms with Gasteiger partial charge in [0.15, 0.2) is 5.11 Å². The van der Waals surface area contributed by atoms with E-state index in [1.165, 1.54) is 17.8 Å². The number of amides is 7. The van der Waals surface area contributed by atoms with Gasteiger partial charge in [0, 0.05) is 102 Å². The van der Waals surface area contributed by atoms with Crippen LogP contribution in [0.15, 0.2) is 54.7 Å². The number of aliphatic carboxylic acids is 8. The molecule has 1 aliphatic rings. The fourth-order valence-corrected chi connectivity index (χ4v) is 10.7. The molecule has 1 aliphatic heterocycles. The average molecular weight is 1410 g/mol. The molecule has 1 aromatic heterocycles. The smallest absolute Gasteiger partial charge is 0.326 e. The maximum absolute atomic E-state index is 13.9. The van der Waals surface area contributed by atoms with E-state index in [0.29, 0.717) is 54.9 Å². The summed E-state index contributed by atoms with van der Waals surface area (Å²) >= 11 is 5.58. The van der Waals surface area contributed by atoms with Crippen molar-refractivity contribution in [3.05, 3.63) is 60.3 Å². The maximum atomic E-state index is 13.9. The van der Waals surface area contributed by atoms with Gasteiger partial charge < -0.3 is 88.7 Å². The molecule has 3 aromatic rings. The molecule has 17 N–H and O–H groups in total. The van der Waals surface area contributed by atoms with Crippen LogP contribution in [0.25, 0.3) is 11.3 Å². The summed E-state index contributed by atoms with van der Waals surface area (Å²) in [5.41, 5.74) is 2.38. The van der Waals surface area contributed by atoms with E-state index >= 15 is 0 Å². The summed E-state index contributed by atoms with van der Waals surface area (Å²) in [6.45, 7) is 0.845. The molecule has 2 unspecified atom stereocenters. The molecule has 2 aromatic carbocycles. The summed E-state index contributed by atoms with van der Waals surface area (Å²) in [4.78, 5) is 165. The Bertz CT molecular complexity index is 3250. The normalized spacial score (nSPS) is 15.3. The lowest BCUT2D eigenvalue weighted by molar-refractivity contribution is -0.142. The average Bonchev–Trinajstić information content (AvgIpc) is 1.77. The molecule has 0 saturated carbocycles. The van der Waals surface area contributed by atoms with Crippen molar-refractivity contribution in [2.75, 3.05) is 102 Å². The van der Waals surface area contributed by atoms with Gasteiger partial charge in [-0.2, -0.15) is 0 Å². The summed E-state index contributed by atoms with van der Waals surface area (Å²) in [5, 5.41) is 109. The summed E-state index contributed by atoms with van der Waals surface area (Å²) < 4.78 is 1.24. The van der Waals surface area contributed by atoms with Gasteiger partial charge in [0.2, 0.25) is 17.7 Å². The van der Waals surface area contributed by atoms with E-state index in [-0.39, 0.29) is 122 Å². The summed E-state index contributed by atoms with van der Waals surface area (Å²) in [6.07, 6.45) is 2.48. The molecule has 38 heteroatoms. The van der Waals surface area contributed by atoms with Crippen LogP contribution in [0.4, 0.5) is 21.0 Å². The molecule has 1 fully saturated rings. The van der Waals surface area contributed by atoms with E-state index in [9.17, 15) is 98.1 Å². The van der Waals surface area contributed by atoms with Crippen molar-refractivity contribution >= 4 is 106 Å². The Morgan fingerprint density at radius 3 is 1.59 bits per heavy atom. The number of rotatable bonds is 41. The molecule has 544 valence electrons. The van der Waals surface area contributed by atoms with Gasteiger partial charge in [0.25, 0.3) is 0 Å². The highest BCUT2D eigenvalue weighted by atomic mass is 32.1. The van der Waals surface area contributed by atoms with Gasteiger partial charge in [-0.25, -0.2) is 28.7 Å². The largest absolute Gasteiger partial charge is 0.481 e. The van der Waals surface area contributed by atoms with Crippen LogP contribution in [0, 0.1) is 0 Å². The van der Waals surface area contributed by atoms with Gasteiger partial charge in [-0.15, -0.1) is 5.10 Å². The molecule has 0 bridgehead atoms. The second-order valence-electron chi connectivity index (χ2n) is 23.3. The lowest BCUT2D eigenvalue weighted by Crippen LogP contribution is -2.53. The molecule has 5 atom stereocenters. The molecule has 1 saturated heterocycles. The number of urea groups is 2. The number of hydrogen-bond donors (Lipinski definition) is 17. The Labute approximate surface area is 573 Å². The first-order valence-corrected chi connectivity index (χ1v) is 32.2. The number of aromatic nitrogens is 3. The predicted octanol–water partition coefficient (Wildman–Crippen LogP) is -0.704. The van der Waals surface area contributed by atoms with Crippen LogP contribution in [0.5, 0.6) is 0 Å². The van der Waals surface area contributed by atoms with E-state index in [4.69, 9.17) is 17.3 Å². The maximum Gasteiger partial charge on any atom is 0.326 e. The number of benzene rings is 2. The number of carboxylic acids is 8. The Kier molecular flexibility index (Phi) is 35.4. The van der Waals surface area contributed by atoms with Crippen molar-refractivity contribution in [1.29, 1.82) is 0 Å². The molecular weight excluding hydrogens is 1320 g/mol. The van der Waals surface area contributed by atoms with E-state index in [1.54, 1.807) is 68.1 Å². The van der Waals surface area contributed by atoms with Gasteiger partial charge in [-0.1, -0.05) is 29.5 Å². The SMILES string of the molecule is CC(=O)NCCCCC(NC(=O)[C@H](CCCCNC(=S)Nc1ccc(CC2CN(CC(=O)O)CCN(CC(=O)O)CCN(CC(=O)O)CCN2CC(=O)O)cc1)NC(=O)Cn1nncc1-c1cccc(NC(=O)NCCCC[C@H](NC(=O)N[C@@H](CCC(=O)O)C(=O)O)C(=O)O)c1)C(=O)O. The number of nitrogens with zero attached hydrogens (tertiary/aromatic N) is 7. The fourth-order valence-electron chi connectivity index (χ4n) is 10.5. The Balaban J connectivity index is 1.37. The van der Waals surface area contributed by atoms with Crippen molar-refractivity contribution in [2.45, 2.75) is 121 Å². The van der Waals surface area contributed by atoms with Gasteiger partial charge in [0.05, 0.1) is 38.1 Å². The van der Waals surface area contributed by atoms with Crippen molar-refractivity contribution in [3.8, 4) is 11.3 Å². The van der Waals surface area contributed by atoms with E-state index < -0.39 is 134 Å². The lowest BCUT2D eigenvalue weighted by Gasteiger charge is -2.37. The van der Waals surface area contributed by atoms with Crippen LogP contribution >= 0.6 is 12.2 Å². The highest BCUT2D eigenvalue weighted by Crippen LogP contribution is 2.23. The van der Waals surface area contributed by atoms with Crippen LogP contribution in [-0.2, 0) is 65.7 Å². The minimum Gasteiger partial charge on any atom is -0.481 e. The minimum absolute atomic E-state index is 0.0150. The highest BCUT2D eigenvalue weighted by molar-refractivity contribution is 7.80. The van der Waals surface area contributed by atoms with E-state index in [2.05, 4.69) is 52.8 Å². The molecule has 4 rings (SSSR count). The first kappa shape index (κ1) is 81.2. The molecule has 0 spiro atoms. The Morgan fingerprint density at radius 2 is 1.03 bits per heavy atom. The second-order valence-corrected chi connectivity index (χ2v) is 23.7. The third-order valence-corrected chi connectivity index (χ3v) is 15.6. The highest BCUT2D eigenvalue weighted by Gasteiger charge is 2.31. The van der Waals surface area contributed by atoms with Crippen molar-refractivity contribution < 1.29 is 103 Å². The number of nitrogens with one attached hydrogen (secondary N) is 9. The van der Waals surface area contributed by atoms with Crippen molar-refractivity contribution in [2.24, 2.45) is 0 Å². The van der Waals surface area contributed by atoms with Crippen molar-refractivity contribution in [1.82, 2.24) is 71.8 Å². The van der Waals surface area contributed by atoms with E-state index in [1.807, 2.05) is 5.32 Å². The summed E-state index contributed by atoms with van der Waals surface area (Å²) in [6, 6.07) is 5.48. The Hall–Kier alpha value is -10.2. The van der Waals surface area contributed by atoms with Crippen LogP contribution in [0.1, 0.15) is 83.1 Å². The molecule has 7 amide bonds. The number of anilines is 2. The zero-order chi connectivity index (χ0) is 73.0. The van der Waals surface area contributed by atoms with E-state index in [0.717, 1.165) is 5.56 Å². The zero-order valence-corrected chi connectivity index (χ0v) is 55.4. The molecule has 37 nitrogen and oxygen atoms in total. The number of thiocarbonyl (C=S) groups is 1. The van der Waals surface area contributed by atoms with Crippen LogP contribution in [-0.4, -0.2) is 280 Å². The first-order valence-electron chi connectivity index (χ1n) is 31.8.